The number of hydrogen-bond donors (Lipinski definition) is 0. The van der Waals surface area contributed by atoms with E-state index in [1.807, 2.05) is 6.92 Å². The number of aryl methyl sites for hydroxylation is 1. The molecule has 1 aliphatic carbocycles. The van der Waals surface area contributed by atoms with Crippen LogP contribution in [0.3, 0.4) is 0 Å². The first-order chi connectivity index (χ1) is 8.70. The van der Waals surface area contributed by atoms with Crippen LogP contribution in [-0.4, -0.2) is 12.6 Å². The second kappa shape index (κ2) is 5.67. The molecule has 1 aromatic rings. The van der Waals surface area contributed by atoms with Crippen molar-refractivity contribution in [3.63, 3.8) is 0 Å². The molecule has 0 aromatic heterocycles. The normalized spacial score (nSPS) is 16.8. The van der Waals surface area contributed by atoms with Crippen molar-refractivity contribution in [2.45, 2.75) is 26.7 Å². The Morgan fingerprint density at radius 1 is 1.33 bits per heavy atom. The van der Waals surface area contributed by atoms with E-state index in [4.69, 9.17) is 4.74 Å². The minimum Gasteiger partial charge on any atom is -0.463 e. The van der Waals surface area contributed by atoms with Crippen molar-refractivity contribution in [1.29, 1.82) is 0 Å². The average Bonchev–Trinajstić information content (AvgIpc) is 2.78. The third-order valence-corrected chi connectivity index (χ3v) is 3.05. The molecule has 0 heterocycles. The van der Waals surface area contributed by atoms with Gasteiger partial charge >= 0.3 is 5.97 Å². The molecule has 2 rings (SSSR count). The van der Waals surface area contributed by atoms with E-state index in [2.05, 4.69) is 37.3 Å². The fraction of sp³-hybridized carbons (Fsp3) is 0.312. The van der Waals surface area contributed by atoms with Crippen LogP contribution >= 0.6 is 0 Å². The first-order valence-corrected chi connectivity index (χ1v) is 6.35. The molecule has 1 aromatic carbocycles. The van der Waals surface area contributed by atoms with Gasteiger partial charge in [0.2, 0.25) is 0 Å². The molecular formula is C16H18O2. The third-order valence-electron chi connectivity index (χ3n) is 3.05. The van der Waals surface area contributed by atoms with Crippen molar-refractivity contribution in [2.75, 3.05) is 6.61 Å². The van der Waals surface area contributed by atoms with Crippen molar-refractivity contribution in [3.8, 4) is 0 Å². The second-order valence-electron chi connectivity index (χ2n) is 4.44. The van der Waals surface area contributed by atoms with Crippen LogP contribution in [0.15, 0.2) is 42.0 Å². The molecule has 0 amide bonds. The topological polar surface area (TPSA) is 26.3 Å². The van der Waals surface area contributed by atoms with E-state index in [-0.39, 0.29) is 5.97 Å². The lowest BCUT2D eigenvalue weighted by molar-refractivity contribution is -0.137. The van der Waals surface area contributed by atoms with Gasteiger partial charge in [0.1, 0.15) is 0 Å². The standard InChI is InChI=1S/C16H18O2/c1-3-18-16(17)11-14-5-4-6-15(14)13-9-7-12(2)8-10-13/h6-11H,3-5H2,1-2H3/b14-11+. The van der Waals surface area contributed by atoms with Gasteiger partial charge in [0.15, 0.2) is 0 Å². The summed E-state index contributed by atoms with van der Waals surface area (Å²) in [4.78, 5) is 11.5. The smallest absolute Gasteiger partial charge is 0.331 e. The first-order valence-electron chi connectivity index (χ1n) is 6.35. The molecule has 2 heteroatoms. The minimum atomic E-state index is -0.243. The molecule has 0 fully saturated rings. The van der Waals surface area contributed by atoms with Gasteiger partial charge in [-0.25, -0.2) is 4.79 Å². The lowest BCUT2D eigenvalue weighted by atomic mass is 9.99. The predicted molar refractivity (Wildman–Crippen MR) is 73.1 cm³/mol. The van der Waals surface area contributed by atoms with Crippen molar-refractivity contribution >= 4 is 11.5 Å². The fourth-order valence-electron chi connectivity index (χ4n) is 2.15. The van der Waals surface area contributed by atoms with Crippen LogP contribution in [0.25, 0.3) is 5.57 Å². The van der Waals surface area contributed by atoms with Gasteiger partial charge in [0, 0.05) is 6.08 Å². The maximum Gasteiger partial charge on any atom is 0.331 e. The monoisotopic (exact) mass is 242 g/mol. The van der Waals surface area contributed by atoms with Crippen molar-refractivity contribution in [2.24, 2.45) is 0 Å². The van der Waals surface area contributed by atoms with E-state index >= 15 is 0 Å². The highest BCUT2D eigenvalue weighted by molar-refractivity contribution is 5.91. The molecule has 0 spiro atoms. The van der Waals surface area contributed by atoms with E-state index in [1.165, 1.54) is 16.7 Å². The van der Waals surface area contributed by atoms with Crippen LogP contribution in [0.2, 0.25) is 0 Å². The molecule has 0 atom stereocenters. The second-order valence-corrected chi connectivity index (χ2v) is 4.44. The molecule has 0 saturated heterocycles. The van der Waals surface area contributed by atoms with Gasteiger partial charge in [-0.2, -0.15) is 0 Å². The summed E-state index contributed by atoms with van der Waals surface area (Å²) in [6, 6.07) is 8.39. The SMILES string of the molecule is CCOC(=O)/C=C1\CCC=C1c1ccc(C)cc1. The van der Waals surface area contributed by atoms with E-state index in [0.29, 0.717) is 6.61 Å². The molecule has 0 N–H and O–H groups in total. The molecule has 0 radical (unpaired) electrons. The zero-order valence-electron chi connectivity index (χ0n) is 10.9. The Balaban J connectivity index is 2.22. The molecule has 0 saturated carbocycles. The van der Waals surface area contributed by atoms with E-state index < -0.39 is 0 Å². The number of benzene rings is 1. The highest BCUT2D eigenvalue weighted by Gasteiger charge is 2.15. The van der Waals surface area contributed by atoms with Gasteiger partial charge in [-0.05, 0) is 43.4 Å². The van der Waals surface area contributed by atoms with Crippen LogP contribution < -0.4 is 0 Å². The van der Waals surface area contributed by atoms with Gasteiger partial charge < -0.3 is 4.74 Å². The van der Waals surface area contributed by atoms with Crippen LogP contribution in [0.4, 0.5) is 0 Å². The van der Waals surface area contributed by atoms with Crippen LogP contribution in [0.1, 0.15) is 30.9 Å². The molecule has 1 aliphatic rings. The fourth-order valence-corrected chi connectivity index (χ4v) is 2.15. The van der Waals surface area contributed by atoms with Gasteiger partial charge in [-0.3, -0.25) is 0 Å². The first kappa shape index (κ1) is 12.6. The summed E-state index contributed by atoms with van der Waals surface area (Å²) in [7, 11) is 0. The highest BCUT2D eigenvalue weighted by atomic mass is 16.5. The average molecular weight is 242 g/mol. The molecule has 0 bridgehead atoms. The number of carbonyl (C=O) groups excluding carboxylic acids is 1. The van der Waals surface area contributed by atoms with E-state index in [0.717, 1.165) is 18.4 Å². The Morgan fingerprint density at radius 3 is 2.72 bits per heavy atom. The van der Waals surface area contributed by atoms with Gasteiger partial charge in [0.05, 0.1) is 6.61 Å². The summed E-state index contributed by atoms with van der Waals surface area (Å²) >= 11 is 0. The molecule has 94 valence electrons. The van der Waals surface area contributed by atoms with Crippen molar-refractivity contribution < 1.29 is 9.53 Å². The van der Waals surface area contributed by atoms with Gasteiger partial charge in [0.25, 0.3) is 0 Å². The molecule has 0 aliphatic heterocycles. The molecule has 2 nitrogen and oxygen atoms in total. The summed E-state index contributed by atoms with van der Waals surface area (Å²) in [5.74, 6) is -0.243. The quantitative estimate of drug-likeness (QED) is 0.597. The molecule has 18 heavy (non-hydrogen) atoms. The maximum absolute atomic E-state index is 11.5. The van der Waals surface area contributed by atoms with Crippen molar-refractivity contribution in [3.05, 3.63) is 53.1 Å². The highest BCUT2D eigenvalue weighted by Crippen LogP contribution is 2.33. The zero-order chi connectivity index (χ0) is 13.0. The Morgan fingerprint density at radius 2 is 2.06 bits per heavy atom. The number of allylic oxidation sites excluding steroid dienone is 3. The van der Waals surface area contributed by atoms with Gasteiger partial charge in [-0.15, -0.1) is 0 Å². The Labute approximate surface area is 108 Å². The zero-order valence-corrected chi connectivity index (χ0v) is 10.9. The Hall–Kier alpha value is -1.83. The molecule has 0 unspecified atom stereocenters. The number of esters is 1. The number of ether oxygens (including phenoxy) is 1. The van der Waals surface area contributed by atoms with Gasteiger partial charge in [-0.1, -0.05) is 35.9 Å². The summed E-state index contributed by atoms with van der Waals surface area (Å²) in [6.45, 7) is 4.32. The van der Waals surface area contributed by atoms with Crippen LogP contribution in [0.5, 0.6) is 0 Å². The summed E-state index contributed by atoms with van der Waals surface area (Å²) in [6.07, 6.45) is 5.73. The molecular weight excluding hydrogens is 224 g/mol. The number of hydrogen-bond acceptors (Lipinski definition) is 2. The number of rotatable bonds is 3. The third kappa shape index (κ3) is 2.89. The van der Waals surface area contributed by atoms with Crippen LogP contribution in [0, 0.1) is 6.92 Å². The summed E-state index contributed by atoms with van der Waals surface area (Å²) < 4.78 is 4.96. The lowest BCUT2D eigenvalue weighted by Crippen LogP contribution is -2.01. The van der Waals surface area contributed by atoms with E-state index in [9.17, 15) is 4.79 Å². The summed E-state index contributed by atoms with van der Waals surface area (Å²) in [5.41, 5.74) is 4.67. The summed E-state index contributed by atoms with van der Waals surface area (Å²) in [5, 5.41) is 0. The Kier molecular flexibility index (Phi) is 3.98. The minimum absolute atomic E-state index is 0.243. The Bertz CT molecular complexity index is 492. The van der Waals surface area contributed by atoms with E-state index in [1.54, 1.807) is 6.08 Å². The van der Waals surface area contributed by atoms with Crippen molar-refractivity contribution in [1.82, 2.24) is 0 Å². The predicted octanol–water partition coefficient (Wildman–Crippen LogP) is 3.66. The maximum atomic E-state index is 11.5. The largest absolute Gasteiger partial charge is 0.463 e. The van der Waals surface area contributed by atoms with Crippen LogP contribution in [-0.2, 0) is 9.53 Å². The number of carbonyl (C=O) groups is 1. The lowest BCUT2D eigenvalue weighted by Gasteiger charge is -2.06.